The Morgan fingerprint density at radius 2 is 1.74 bits per heavy atom. The lowest BCUT2D eigenvalue weighted by molar-refractivity contribution is -0.140. The molecular weight excluding hydrogens is 483 g/mol. The van der Waals surface area contributed by atoms with Gasteiger partial charge in [-0.05, 0) is 65.1 Å². The lowest BCUT2D eigenvalue weighted by atomic mass is 9.79. The zero-order valence-corrected chi connectivity index (χ0v) is 23.2. The van der Waals surface area contributed by atoms with Crippen molar-refractivity contribution in [3.63, 3.8) is 0 Å². The molecule has 3 aromatic rings. The highest BCUT2D eigenvalue weighted by Crippen LogP contribution is 2.41. The average molecular weight is 523 g/mol. The van der Waals surface area contributed by atoms with Gasteiger partial charge < -0.3 is 19.3 Å². The summed E-state index contributed by atoms with van der Waals surface area (Å²) in [5.41, 5.74) is 2.61. The van der Waals surface area contributed by atoms with Gasteiger partial charge in [-0.25, -0.2) is 4.39 Å². The molecule has 0 radical (unpaired) electrons. The van der Waals surface area contributed by atoms with Gasteiger partial charge in [0.1, 0.15) is 23.9 Å². The van der Waals surface area contributed by atoms with E-state index in [9.17, 15) is 14.3 Å². The van der Waals surface area contributed by atoms with Crippen LogP contribution in [0.15, 0.2) is 73.3 Å². The third kappa shape index (κ3) is 7.93. The molecule has 204 valence electrons. The summed E-state index contributed by atoms with van der Waals surface area (Å²) in [6, 6.07) is 17.6. The number of rotatable bonds is 11. The molecule has 5 nitrogen and oxygen atoms in total. The highest BCUT2D eigenvalue weighted by atomic mass is 19.1. The first kappa shape index (κ1) is 30.6. The second-order valence-corrected chi connectivity index (χ2v) is 9.21. The van der Waals surface area contributed by atoms with Crippen molar-refractivity contribution < 1.29 is 28.5 Å². The topological polar surface area (TPSA) is 65.0 Å². The maximum atomic E-state index is 14.8. The van der Waals surface area contributed by atoms with E-state index in [2.05, 4.69) is 6.58 Å². The van der Waals surface area contributed by atoms with E-state index in [0.29, 0.717) is 41.0 Å². The number of aryl methyl sites for hydroxylation is 1. The molecule has 0 aromatic heterocycles. The fourth-order valence-corrected chi connectivity index (χ4v) is 3.83. The molecule has 1 unspecified atom stereocenters. The van der Waals surface area contributed by atoms with Gasteiger partial charge in [-0.1, -0.05) is 58.0 Å². The number of benzene rings is 3. The van der Waals surface area contributed by atoms with Gasteiger partial charge in [0, 0.05) is 17.4 Å². The van der Waals surface area contributed by atoms with Crippen molar-refractivity contribution in [3.8, 4) is 22.6 Å². The number of hydrogen-bond acceptors (Lipinski definition) is 5. The second-order valence-electron chi connectivity index (χ2n) is 9.21. The minimum absolute atomic E-state index is 0.246. The van der Waals surface area contributed by atoms with Crippen molar-refractivity contribution >= 4 is 5.97 Å². The number of aliphatic hydroxyl groups is 1. The molecule has 0 saturated heterocycles. The first-order valence-corrected chi connectivity index (χ1v) is 12.8. The maximum Gasteiger partial charge on any atom is 0.305 e. The van der Waals surface area contributed by atoms with Gasteiger partial charge in [-0.2, -0.15) is 0 Å². The molecule has 0 aliphatic rings. The largest absolute Gasteiger partial charge is 0.497 e. The summed E-state index contributed by atoms with van der Waals surface area (Å²) in [4.78, 5) is 11.4. The molecule has 1 N–H and O–H groups in total. The Balaban J connectivity index is 0.00000247. The van der Waals surface area contributed by atoms with Gasteiger partial charge in [-0.3, -0.25) is 4.79 Å². The fourth-order valence-electron chi connectivity index (χ4n) is 3.83. The number of ether oxygens (including phenoxy) is 3. The third-order valence-electron chi connectivity index (χ3n) is 6.25. The van der Waals surface area contributed by atoms with Crippen LogP contribution in [0.4, 0.5) is 4.39 Å². The van der Waals surface area contributed by atoms with E-state index in [0.717, 1.165) is 11.1 Å². The van der Waals surface area contributed by atoms with Crippen LogP contribution >= 0.6 is 0 Å². The van der Waals surface area contributed by atoms with Gasteiger partial charge in [0.15, 0.2) is 0 Å². The van der Waals surface area contributed by atoms with Crippen molar-refractivity contribution in [1.82, 2.24) is 0 Å². The van der Waals surface area contributed by atoms with Crippen LogP contribution in [0, 0.1) is 11.2 Å². The zero-order chi connectivity index (χ0) is 28.3. The number of carbonyl (C=O) groups excluding carboxylic acids is 1. The van der Waals surface area contributed by atoms with E-state index >= 15 is 0 Å². The summed E-state index contributed by atoms with van der Waals surface area (Å²) >= 11 is 0. The zero-order valence-electron chi connectivity index (χ0n) is 23.2. The number of methoxy groups -OCH3 is 2. The Kier molecular flexibility index (Phi) is 11.5. The van der Waals surface area contributed by atoms with E-state index in [4.69, 9.17) is 14.2 Å². The molecule has 3 aromatic carbocycles. The summed E-state index contributed by atoms with van der Waals surface area (Å²) in [7, 11) is 2.90. The lowest BCUT2D eigenvalue weighted by Crippen LogP contribution is -2.20. The molecule has 6 heteroatoms. The average Bonchev–Trinajstić information content (AvgIpc) is 2.95. The molecule has 0 aliphatic carbocycles. The second kappa shape index (κ2) is 14.3. The van der Waals surface area contributed by atoms with Gasteiger partial charge in [-0.15, -0.1) is 6.58 Å². The molecule has 0 amide bonds. The number of aliphatic hydroxyl groups excluding tert-OH is 1. The van der Waals surface area contributed by atoms with Crippen molar-refractivity contribution in [2.75, 3.05) is 14.2 Å². The quantitative estimate of drug-likeness (QED) is 0.209. The highest BCUT2D eigenvalue weighted by molar-refractivity contribution is 5.71. The normalized spacial score (nSPS) is 11.6. The van der Waals surface area contributed by atoms with Gasteiger partial charge >= 0.3 is 5.97 Å². The Bertz CT molecular complexity index is 1220. The molecule has 0 aliphatic heterocycles. The van der Waals surface area contributed by atoms with E-state index in [1.165, 1.54) is 20.3 Å². The summed E-state index contributed by atoms with van der Waals surface area (Å²) in [5, 5.41) is 11.3. The van der Waals surface area contributed by atoms with E-state index in [-0.39, 0.29) is 12.6 Å². The Morgan fingerprint density at radius 1 is 1.00 bits per heavy atom. The van der Waals surface area contributed by atoms with E-state index in [1.807, 2.05) is 64.1 Å². The molecular formula is C32H39FO5. The molecule has 3 rings (SSSR count). The van der Waals surface area contributed by atoms with Crippen LogP contribution in [-0.4, -0.2) is 25.3 Å². The van der Waals surface area contributed by atoms with Gasteiger partial charge in [0.25, 0.3) is 0 Å². The predicted octanol–water partition coefficient (Wildman–Crippen LogP) is 7.46. The van der Waals surface area contributed by atoms with Crippen molar-refractivity contribution in [2.45, 2.75) is 53.2 Å². The molecule has 0 fully saturated rings. The summed E-state index contributed by atoms with van der Waals surface area (Å²) in [6.07, 6.45) is 1.60. The van der Waals surface area contributed by atoms with Crippen LogP contribution in [0.1, 0.15) is 56.9 Å². The molecule has 0 spiro atoms. The highest BCUT2D eigenvalue weighted by Gasteiger charge is 2.29. The fraction of sp³-hybridized carbons (Fsp3) is 0.344. The number of hydrogen-bond donors (Lipinski definition) is 1. The smallest absolute Gasteiger partial charge is 0.305 e. The van der Waals surface area contributed by atoms with Crippen LogP contribution in [0.25, 0.3) is 11.1 Å². The van der Waals surface area contributed by atoms with Crippen LogP contribution in [0.2, 0.25) is 0 Å². The minimum atomic E-state index is -0.933. The number of carbonyl (C=O) groups is 1. The first-order chi connectivity index (χ1) is 18.2. The van der Waals surface area contributed by atoms with Crippen molar-refractivity contribution in [3.05, 3.63) is 95.8 Å². The lowest BCUT2D eigenvalue weighted by Gasteiger charge is -2.29. The predicted molar refractivity (Wildman–Crippen MR) is 150 cm³/mol. The Hall–Kier alpha value is -3.64. The van der Waals surface area contributed by atoms with Crippen molar-refractivity contribution in [2.24, 2.45) is 5.41 Å². The number of esters is 1. The van der Waals surface area contributed by atoms with Crippen molar-refractivity contribution in [1.29, 1.82) is 0 Å². The Morgan fingerprint density at radius 3 is 2.39 bits per heavy atom. The van der Waals surface area contributed by atoms with E-state index in [1.54, 1.807) is 24.3 Å². The SMILES string of the molecule is C=CC(C)(C)C(O)c1cc(COc2cccc(CCC(=O)OC)c2)ccc1-c1cc(OC)ccc1F.CC. The summed E-state index contributed by atoms with van der Waals surface area (Å²) in [6.45, 7) is 11.9. The Labute approximate surface area is 225 Å². The summed E-state index contributed by atoms with van der Waals surface area (Å²) < 4.78 is 30.8. The van der Waals surface area contributed by atoms with Crippen LogP contribution in [0.5, 0.6) is 11.5 Å². The van der Waals surface area contributed by atoms with Gasteiger partial charge in [0.2, 0.25) is 0 Å². The summed E-state index contributed by atoms with van der Waals surface area (Å²) in [5.74, 6) is 0.513. The van der Waals surface area contributed by atoms with Crippen LogP contribution < -0.4 is 9.47 Å². The third-order valence-corrected chi connectivity index (χ3v) is 6.25. The maximum absolute atomic E-state index is 14.8. The monoisotopic (exact) mass is 522 g/mol. The van der Waals surface area contributed by atoms with Gasteiger partial charge in [0.05, 0.1) is 20.3 Å². The van der Waals surface area contributed by atoms with E-state index < -0.39 is 17.3 Å². The molecule has 38 heavy (non-hydrogen) atoms. The molecule has 0 saturated carbocycles. The first-order valence-electron chi connectivity index (χ1n) is 12.8. The molecule has 0 bridgehead atoms. The molecule has 0 heterocycles. The molecule has 1 atom stereocenters. The minimum Gasteiger partial charge on any atom is -0.497 e. The van der Waals surface area contributed by atoms with Crippen LogP contribution in [-0.2, 0) is 22.6 Å². The standard InChI is InChI=1S/C30H33FO5.C2H6/c1-6-30(2,3)29(33)26-17-21(10-13-24(26)25-18-22(34-4)12-14-27(25)31)19-36-23-9-7-8-20(16-23)11-15-28(32)35-5;1-2/h6-10,12-14,16-18,29,33H,1,11,15,19H2,2-5H3;1-2H3. The van der Waals surface area contributed by atoms with Crippen LogP contribution in [0.3, 0.4) is 0 Å². The number of halogens is 1.